The molecule has 0 atom stereocenters. The Balaban J connectivity index is 3.15. The molecule has 0 aliphatic carbocycles. The number of hydrogen-bond acceptors (Lipinski definition) is 2. The SMILES string of the molecule is Cc1cnc(CCl)c(I)c1OC(F)(F)F. The van der Waals surface area contributed by atoms with E-state index in [-0.39, 0.29) is 11.6 Å². The van der Waals surface area contributed by atoms with Gasteiger partial charge in [-0.2, -0.15) is 0 Å². The van der Waals surface area contributed by atoms with Crippen LogP contribution in [0.1, 0.15) is 11.3 Å². The van der Waals surface area contributed by atoms with Gasteiger partial charge in [0.25, 0.3) is 0 Å². The molecular weight excluding hydrogens is 345 g/mol. The summed E-state index contributed by atoms with van der Waals surface area (Å²) in [6.07, 6.45) is -3.39. The van der Waals surface area contributed by atoms with Gasteiger partial charge in [0.05, 0.1) is 15.1 Å². The Morgan fingerprint density at radius 3 is 2.60 bits per heavy atom. The maximum atomic E-state index is 12.1. The Bertz CT molecular complexity index is 370. The van der Waals surface area contributed by atoms with Crippen molar-refractivity contribution in [3.05, 3.63) is 21.0 Å². The van der Waals surface area contributed by atoms with E-state index in [0.717, 1.165) is 0 Å². The molecular formula is C8H6ClF3INO. The number of aryl methyl sites for hydroxylation is 1. The highest BCUT2D eigenvalue weighted by atomic mass is 127. The quantitative estimate of drug-likeness (QED) is 0.600. The van der Waals surface area contributed by atoms with Gasteiger partial charge in [0.2, 0.25) is 0 Å². The van der Waals surface area contributed by atoms with E-state index in [1.54, 1.807) is 22.6 Å². The van der Waals surface area contributed by atoms with Crippen LogP contribution >= 0.6 is 34.2 Å². The van der Waals surface area contributed by atoms with Crippen molar-refractivity contribution in [3.63, 3.8) is 0 Å². The van der Waals surface area contributed by atoms with Crippen LogP contribution in [0.3, 0.4) is 0 Å². The summed E-state index contributed by atoms with van der Waals surface area (Å²) < 4.78 is 40.4. The standard InChI is InChI=1S/C8H6ClF3INO/c1-4-3-14-5(2-9)6(13)7(4)15-8(10,11)12/h3H,2H2,1H3. The first-order valence-corrected chi connectivity index (χ1v) is 5.42. The average Bonchev–Trinajstić information content (AvgIpc) is 2.11. The monoisotopic (exact) mass is 351 g/mol. The van der Waals surface area contributed by atoms with E-state index in [1.807, 2.05) is 0 Å². The molecule has 0 saturated carbocycles. The topological polar surface area (TPSA) is 22.1 Å². The second kappa shape index (κ2) is 4.73. The van der Waals surface area contributed by atoms with Crippen molar-refractivity contribution < 1.29 is 17.9 Å². The van der Waals surface area contributed by atoms with Gasteiger partial charge >= 0.3 is 6.36 Å². The zero-order valence-corrected chi connectivity index (χ0v) is 10.4. The van der Waals surface area contributed by atoms with Crippen LogP contribution in [0, 0.1) is 10.5 Å². The fourth-order valence-electron chi connectivity index (χ4n) is 0.928. The van der Waals surface area contributed by atoms with Crippen molar-refractivity contribution in [2.24, 2.45) is 0 Å². The lowest BCUT2D eigenvalue weighted by Gasteiger charge is -2.14. The van der Waals surface area contributed by atoms with Crippen LogP contribution < -0.4 is 4.74 Å². The fourth-order valence-corrected chi connectivity index (χ4v) is 2.22. The molecule has 0 unspecified atom stereocenters. The zero-order valence-electron chi connectivity index (χ0n) is 7.53. The summed E-state index contributed by atoms with van der Waals surface area (Å²) in [5.74, 6) is -0.180. The van der Waals surface area contributed by atoms with E-state index in [9.17, 15) is 13.2 Å². The van der Waals surface area contributed by atoms with Crippen LogP contribution in [0.5, 0.6) is 5.75 Å². The van der Waals surface area contributed by atoms with Gasteiger partial charge in [-0.05, 0) is 29.5 Å². The highest BCUT2D eigenvalue weighted by Crippen LogP contribution is 2.32. The predicted octanol–water partition coefficient (Wildman–Crippen LogP) is 3.63. The van der Waals surface area contributed by atoms with Gasteiger partial charge in [0.1, 0.15) is 5.75 Å². The second-order valence-corrected chi connectivity index (χ2v) is 4.06. The summed E-state index contributed by atoms with van der Waals surface area (Å²) in [6, 6.07) is 0. The minimum absolute atomic E-state index is 0.0484. The van der Waals surface area contributed by atoms with Crippen molar-refractivity contribution in [1.29, 1.82) is 0 Å². The van der Waals surface area contributed by atoms with E-state index in [1.165, 1.54) is 13.1 Å². The molecule has 0 bridgehead atoms. The van der Waals surface area contributed by atoms with Gasteiger partial charge in [0.15, 0.2) is 0 Å². The van der Waals surface area contributed by atoms with Crippen LogP contribution in [-0.2, 0) is 5.88 Å². The Morgan fingerprint density at radius 2 is 2.13 bits per heavy atom. The van der Waals surface area contributed by atoms with Gasteiger partial charge in [-0.1, -0.05) is 0 Å². The Kier molecular flexibility index (Phi) is 4.05. The lowest BCUT2D eigenvalue weighted by Crippen LogP contribution is -2.19. The summed E-state index contributed by atoms with van der Waals surface area (Å²) in [5.41, 5.74) is 0.702. The minimum atomic E-state index is -4.70. The third-order valence-electron chi connectivity index (χ3n) is 1.57. The molecule has 0 aliphatic heterocycles. The maximum absolute atomic E-state index is 12.1. The molecule has 0 aromatic carbocycles. The maximum Gasteiger partial charge on any atom is 0.573 e. The van der Waals surface area contributed by atoms with E-state index >= 15 is 0 Å². The Hall–Kier alpha value is -0.240. The molecule has 0 spiro atoms. The summed E-state index contributed by atoms with van der Waals surface area (Å²) in [5, 5.41) is 0. The molecule has 1 rings (SSSR count). The first-order valence-electron chi connectivity index (χ1n) is 3.81. The smallest absolute Gasteiger partial charge is 0.404 e. The molecule has 15 heavy (non-hydrogen) atoms. The van der Waals surface area contributed by atoms with E-state index in [0.29, 0.717) is 14.8 Å². The van der Waals surface area contributed by atoms with Crippen molar-refractivity contribution >= 4 is 34.2 Å². The van der Waals surface area contributed by atoms with E-state index in [4.69, 9.17) is 11.6 Å². The number of nitrogens with zero attached hydrogens (tertiary/aromatic N) is 1. The van der Waals surface area contributed by atoms with Gasteiger partial charge in [-0.25, -0.2) is 0 Å². The third kappa shape index (κ3) is 3.37. The van der Waals surface area contributed by atoms with Gasteiger partial charge in [-0.3, -0.25) is 4.98 Å². The number of hydrogen-bond donors (Lipinski definition) is 0. The third-order valence-corrected chi connectivity index (χ3v) is 2.93. The van der Waals surface area contributed by atoms with Crippen LogP contribution in [0.25, 0.3) is 0 Å². The highest BCUT2D eigenvalue weighted by Gasteiger charge is 2.33. The van der Waals surface area contributed by atoms with E-state index < -0.39 is 6.36 Å². The number of ether oxygens (including phenoxy) is 1. The summed E-state index contributed by atoms with van der Waals surface area (Å²) in [4.78, 5) is 3.90. The summed E-state index contributed by atoms with van der Waals surface area (Å²) >= 11 is 7.26. The van der Waals surface area contributed by atoms with Gasteiger partial charge < -0.3 is 4.74 Å². The molecule has 0 N–H and O–H groups in total. The first-order chi connectivity index (χ1) is 6.85. The molecule has 2 nitrogen and oxygen atoms in total. The number of pyridine rings is 1. The summed E-state index contributed by atoms with van der Waals surface area (Å²) in [6.45, 7) is 1.49. The zero-order chi connectivity index (χ0) is 11.6. The number of aromatic nitrogens is 1. The molecule has 0 amide bonds. The molecule has 1 heterocycles. The molecule has 0 radical (unpaired) electrons. The lowest BCUT2D eigenvalue weighted by molar-refractivity contribution is -0.275. The van der Waals surface area contributed by atoms with Crippen LogP contribution in [-0.4, -0.2) is 11.3 Å². The molecule has 1 aromatic rings. The predicted molar refractivity (Wildman–Crippen MR) is 57.9 cm³/mol. The van der Waals surface area contributed by atoms with Gasteiger partial charge in [-0.15, -0.1) is 24.8 Å². The summed E-state index contributed by atoms with van der Waals surface area (Å²) in [7, 11) is 0. The van der Waals surface area contributed by atoms with Crippen LogP contribution in [0.4, 0.5) is 13.2 Å². The second-order valence-electron chi connectivity index (χ2n) is 2.71. The normalized spacial score (nSPS) is 11.6. The first kappa shape index (κ1) is 12.8. The minimum Gasteiger partial charge on any atom is -0.404 e. The molecule has 0 fully saturated rings. The largest absolute Gasteiger partial charge is 0.573 e. The molecule has 84 valence electrons. The number of rotatable bonds is 2. The van der Waals surface area contributed by atoms with Crippen LogP contribution in [0.2, 0.25) is 0 Å². The van der Waals surface area contributed by atoms with Crippen molar-refractivity contribution in [2.45, 2.75) is 19.2 Å². The Morgan fingerprint density at radius 1 is 1.53 bits per heavy atom. The number of halogens is 5. The van der Waals surface area contributed by atoms with Gasteiger partial charge in [0, 0.05) is 11.8 Å². The lowest BCUT2D eigenvalue weighted by atomic mass is 10.2. The van der Waals surface area contributed by atoms with E-state index in [2.05, 4.69) is 9.72 Å². The molecule has 1 aromatic heterocycles. The van der Waals surface area contributed by atoms with Crippen molar-refractivity contribution in [2.75, 3.05) is 0 Å². The molecule has 7 heteroatoms. The van der Waals surface area contributed by atoms with Crippen LogP contribution in [0.15, 0.2) is 6.20 Å². The Labute approximate surface area is 103 Å². The number of alkyl halides is 4. The van der Waals surface area contributed by atoms with Crippen molar-refractivity contribution in [3.8, 4) is 5.75 Å². The highest BCUT2D eigenvalue weighted by molar-refractivity contribution is 14.1. The molecule has 0 saturated heterocycles. The molecule has 0 aliphatic rings. The average molecular weight is 351 g/mol. The van der Waals surface area contributed by atoms with Crippen molar-refractivity contribution in [1.82, 2.24) is 4.98 Å². The fraction of sp³-hybridized carbons (Fsp3) is 0.375.